The van der Waals surface area contributed by atoms with Crippen LogP contribution in [0.4, 0.5) is 14.3 Å². The molecule has 5 nitrogen and oxygen atoms in total. The summed E-state index contributed by atoms with van der Waals surface area (Å²) < 4.78 is 18.5. The smallest absolute Gasteiger partial charge is 0.413 e. The van der Waals surface area contributed by atoms with Crippen LogP contribution in [0.15, 0.2) is 28.6 Å². The van der Waals surface area contributed by atoms with Gasteiger partial charge in [-0.2, -0.15) is 0 Å². The quantitative estimate of drug-likeness (QED) is 0.675. The van der Waals surface area contributed by atoms with Crippen LogP contribution in [-0.2, 0) is 10.5 Å². The molecule has 0 saturated heterocycles. The van der Waals surface area contributed by atoms with Crippen molar-refractivity contribution in [2.75, 3.05) is 11.9 Å². The van der Waals surface area contributed by atoms with Crippen molar-refractivity contribution in [1.29, 1.82) is 0 Å². The number of aromatic nitrogens is 2. The van der Waals surface area contributed by atoms with E-state index in [0.29, 0.717) is 21.8 Å². The van der Waals surface area contributed by atoms with Gasteiger partial charge in [0.1, 0.15) is 5.82 Å². The fourth-order valence-electron chi connectivity index (χ4n) is 1.34. The molecule has 2 aromatic rings. The zero-order valence-corrected chi connectivity index (χ0v) is 12.3. The van der Waals surface area contributed by atoms with Crippen LogP contribution >= 0.6 is 23.1 Å². The molecule has 0 aliphatic heterocycles. The summed E-state index contributed by atoms with van der Waals surface area (Å²) >= 11 is 2.68. The molecule has 1 heterocycles. The zero-order valence-electron chi connectivity index (χ0n) is 10.6. The Labute approximate surface area is 123 Å². The maximum atomic E-state index is 13.0. The van der Waals surface area contributed by atoms with E-state index in [1.807, 2.05) is 6.07 Å². The molecule has 0 atom stereocenters. The number of amides is 1. The van der Waals surface area contributed by atoms with Crippen LogP contribution in [0.1, 0.15) is 12.5 Å². The Morgan fingerprint density at radius 3 is 3.10 bits per heavy atom. The summed E-state index contributed by atoms with van der Waals surface area (Å²) in [4.78, 5) is 11.2. The number of thioether (sulfide) groups is 1. The molecular formula is C12H12FN3O2S2. The number of hydrogen-bond acceptors (Lipinski definition) is 6. The highest BCUT2D eigenvalue weighted by Gasteiger charge is 2.09. The SMILES string of the molecule is CCOC(=O)Nc1nnc(SCc2cccc(F)c2)s1. The molecular weight excluding hydrogens is 301 g/mol. The van der Waals surface area contributed by atoms with Crippen LogP contribution in [0, 0.1) is 5.82 Å². The molecule has 106 valence electrons. The molecule has 1 aromatic carbocycles. The highest BCUT2D eigenvalue weighted by atomic mass is 32.2. The molecule has 1 N–H and O–H groups in total. The molecule has 1 amide bonds. The average Bonchev–Trinajstić information content (AvgIpc) is 2.84. The van der Waals surface area contributed by atoms with Gasteiger partial charge in [0.2, 0.25) is 5.13 Å². The number of halogens is 1. The van der Waals surface area contributed by atoms with Gasteiger partial charge in [0.25, 0.3) is 0 Å². The molecule has 0 radical (unpaired) electrons. The van der Waals surface area contributed by atoms with Crippen LogP contribution in [0.25, 0.3) is 0 Å². The van der Waals surface area contributed by atoms with Gasteiger partial charge in [-0.1, -0.05) is 35.2 Å². The second-order valence-corrected chi connectivity index (χ2v) is 5.84. The fraction of sp³-hybridized carbons (Fsp3) is 0.250. The predicted molar refractivity (Wildman–Crippen MR) is 76.5 cm³/mol. The molecule has 1 aromatic heterocycles. The number of nitrogens with one attached hydrogen (secondary N) is 1. The molecule has 0 aliphatic carbocycles. The first kappa shape index (κ1) is 14.7. The first-order valence-corrected chi connectivity index (χ1v) is 7.62. The van der Waals surface area contributed by atoms with E-state index in [9.17, 15) is 9.18 Å². The Morgan fingerprint density at radius 1 is 1.50 bits per heavy atom. The molecule has 0 unspecified atom stereocenters. The van der Waals surface area contributed by atoms with Crippen molar-refractivity contribution in [3.05, 3.63) is 35.6 Å². The normalized spacial score (nSPS) is 10.3. The summed E-state index contributed by atoms with van der Waals surface area (Å²) in [5, 5.41) is 10.6. The lowest BCUT2D eigenvalue weighted by Crippen LogP contribution is -2.12. The van der Waals surface area contributed by atoms with Gasteiger partial charge in [0.15, 0.2) is 4.34 Å². The number of carbonyl (C=O) groups excluding carboxylic acids is 1. The van der Waals surface area contributed by atoms with E-state index >= 15 is 0 Å². The standard InChI is InChI=1S/C12H12FN3O2S2/c1-2-18-11(17)14-10-15-16-12(20-10)19-7-8-4-3-5-9(13)6-8/h3-6H,2,7H2,1H3,(H,14,15,17). The summed E-state index contributed by atoms with van der Waals surface area (Å²) in [5.74, 6) is 0.330. The number of nitrogens with zero attached hydrogens (tertiary/aromatic N) is 2. The number of rotatable bonds is 5. The van der Waals surface area contributed by atoms with Crippen LogP contribution < -0.4 is 5.32 Å². The zero-order chi connectivity index (χ0) is 14.4. The van der Waals surface area contributed by atoms with E-state index in [0.717, 1.165) is 5.56 Å². The summed E-state index contributed by atoms with van der Waals surface area (Å²) in [7, 11) is 0. The minimum atomic E-state index is -0.551. The van der Waals surface area contributed by atoms with Crippen molar-refractivity contribution in [3.63, 3.8) is 0 Å². The summed E-state index contributed by atoms with van der Waals surface area (Å²) in [6.45, 7) is 2.02. The molecule has 0 saturated carbocycles. The summed E-state index contributed by atoms with van der Waals surface area (Å²) in [6.07, 6.45) is -0.551. The number of hydrogen-bond donors (Lipinski definition) is 1. The average molecular weight is 313 g/mol. The third kappa shape index (κ3) is 4.46. The van der Waals surface area contributed by atoms with Crippen molar-refractivity contribution in [3.8, 4) is 0 Å². The molecule has 0 spiro atoms. The minimum absolute atomic E-state index is 0.259. The molecule has 0 bridgehead atoms. The molecule has 2 rings (SSSR count). The van der Waals surface area contributed by atoms with Crippen molar-refractivity contribution in [2.24, 2.45) is 0 Å². The van der Waals surface area contributed by atoms with Crippen LogP contribution in [0.2, 0.25) is 0 Å². The van der Waals surface area contributed by atoms with Crippen molar-refractivity contribution in [2.45, 2.75) is 17.0 Å². The van der Waals surface area contributed by atoms with E-state index in [2.05, 4.69) is 15.5 Å². The van der Waals surface area contributed by atoms with Gasteiger partial charge in [-0.3, -0.25) is 5.32 Å². The Kier molecular flexibility index (Phi) is 5.31. The van der Waals surface area contributed by atoms with Gasteiger partial charge in [-0.05, 0) is 24.6 Å². The monoisotopic (exact) mass is 313 g/mol. The van der Waals surface area contributed by atoms with Gasteiger partial charge in [0.05, 0.1) is 6.61 Å². The Balaban J connectivity index is 1.88. The number of ether oxygens (including phenoxy) is 1. The van der Waals surface area contributed by atoms with E-state index in [4.69, 9.17) is 4.74 Å². The second-order valence-electron chi connectivity index (χ2n) is 3.64. The van der Waals surface area contributed by atoms with Gasteiger partial charge in [0, 0.05) is 5.75 Å². The number of benzene rings is 1. The van der Waals surface area contributed by atoms with Crippen molar-refractivity contribution >= 4 is 34.3 Å². The number of carbonyl (C=O) groups is 1. The second kappa shape index (κ2) is 7.20. The van der Waals surface area contributed by atoms with Crippen molar-refractivity contribution in [1.82, 2.24) is 10.2 Å². The predicted octanol–water partition coefficient (Wildman–Crippen LogP) is 3.54. The molecule has 8 heteroatoms. The number of anilines is 1. The minimum Gasteiger partial charge on any atom is -0.450 e. The molecule has 20 heavy (non-hydrogen) atoms. The third-order valence-corrected chi connectivity index (χ3v) is 4.19. The lowest BCUT2D eigenvalue weighted by molar-refractivity contribution is 0.168. The van der Waals surface area contributed by atoms with Crippen molar-refractivity contribution < 1.29 is 13.9 Å². The summed E-state index contributed by atoms with van der Waals surface area (Å²) in [6, 6.07) is 6.39. The first-order chi connectivity index (χ1) is 9.67. The maximum Gasteiger partial charge on any atom is 0.413 e. The molecule has 0 fully saturated rings. The Bertz CT molecular complexity index is 592. The van der Waals surface area contributed by atoms with Crippen LogP contribution in [0.3, 0.4) is 0 Å². The fourth-order valence-corrected chi connectivity index (χ4v) is 3.03. The highest BCUT2D eigenvalue weighted by Crippen LogP contribution is 2.28. The van der Waals surface area contributed by atoms with Crippen LogP contribution in [0.5, 0.6) is 0 Å². The van der Waals surface area contributed by atoms with E-state index in [-0.39, 0.29) is 5.82 Å². The van der Waals surface area contributed by atoms with E-state index < -0.39 is 6.09 Å². The van der Waals surface area contributed by atoms with Gasteiger partial charge in [-0.25, -0.2) is 9.18 Å². The van der Waals surface area contributed by atoms with Gasteiger partial charge >= 0.3 is 6.09 Å². The Hall–Kier alpha value is -1.67. The first-order valence-electron chi connectivity index (χ1n) is 5.82. The lowest BCUT2D eigenvalue weighted by atomic mass is 10.2. The topological polar surface area (TPSA) is 64.1 Å². The van der Waals surface area contributed by atoms with E-state index in [1.54, 1.807) is 13.0 Å². The van der Waals surface area contributed by atoms with Crippen LogP contribution in [-0.4, -0.2) is 22.9 Å². The highest BCUT2D eigenvalue weighted by molar-refractivity contribution is 8.00. The lowest BCUT2D eigenvalue weighted by Gasteiger charge is -1.99. The Morgan fingerprint density at radius 2 is 2.35 bits per heavy atom. The molecule has 0 aliphatic rings. The summed E-state index contributed by atoms with van der Waals surface area (Å²) in [5.41, 5.74) is 0.866. The third-order valence-electron chi connectivity index (χ3n) is 2.14. The van der Waals surface area contributed by atoms with Gasteiger partial charge < -0.3 is 4.74 Å². The van der Waals surface area contributed by atoms with Gasteiger partial charge in [-0.15, -0.1) is 10.2 Å². The van der Waals surface area contributed by atoms with E-state index in [1.165, 1.54) is 35.2 Å². The maximum absolute atomic E-state index is 13.0. The largest absolute Gasteiger partial charge is 0.450 e.